The van der Waals surface area contributed by atoms with Gasteiger partial charge in [0.05, 0.1) is 28.5 Å². The van der Waals surface area contributed by atoms with Crippen molar-refractivity contribution in [3.63, 3.8) is 0 Å². The van der Waals surface area contributed by atoms with Crippen LogP contribution in [0, 0.1) is 0 Å². The van der Waals surface area contributed by atoms with Crippen molar-refractivity contribution in [1.29, 1.82) is 0 Å². The summed E-state index contributed by atoms with van der Waals surface area (Å²) in [5.41, 5.74) is 2.55. The third-order valence-electron chi connectivity index (χ3n) is 5.99. The number of fused-ring (bicyclic) bond motifs is 1. The number of ether oxygens (including phenoxy) is 1. The molecule has 1 atom stereocenters. The molecule has 0 aliphatic carbocycles. The lowest BCUT2D eigenvalue weighted by atomic mass is 9.94. The van der Waals surface area contributed by atoms with Crippen molar-refractivity contribution in [2.24, 2.45) is 4.99 Å². The molecule has 1 aromatic heterocycles. The molecule has 4 rings (SSSR count). The van der Waals surface area contributed by atoms with Crippen LogP contribution in [-0.2, 0) is 4.79 Å². The van der Waals surface area contributed by atoms with Crippen LogP contribution in [0.15, 0.2) is 69.6 Å². The molecule has 6 nitrogen and oxygen atoms in total. The number of allylic oxidation sites excluding steroid dienone is 1. The summed E-state index contributed by atoms with van der Waals surface area (Å²) in [6.07, 6.45) is 1.83. The van der Waals surface area contributed by atoms with E-state index in [1.807, 2.05) is 70.2 Å². The van der Waals surface area contributed by atoms with Crippen LogP contribution in [0.25, 0.3) is 6.08 Å². The Morgan fingerprint density at radius 2 is 1.83 bits per heavy atom. The first-order valence-corrected chi connectivity index (χ1v) is 12.9. The number of para-hydroxylation sites is 1. The van der Waals surface area contributed by atoms with Crippen LogP contribution >= 0.6 is 22.9 Å². The van der Waals surface area contributed by atoms with Gasteiger partial charge in [-0.3, -0.25) is 14.2 Å². The monoisotopic (exact) mass is 509 g/mol. The molecule has 0 spiro atoms. The van der Waals surface area contributed by atoms with E-state index in [1.165, 1.54) is 11.3 Å². The Labute approximate surface area is 213 Å². The summed E-state index contributed by atoms with van der Waals surface area (Å²) in [6.45, 7) is 9.31. The maximum Gasteiger partial charge on any atom is 0.271 e. The Bertz CT molecular complexity index is 1450. The number of hydrogen-bond acceptors (Lipinski definition) is 5. The summed E-state index contributed by atoms with van der Waals surface area (Å²) in [7, 11) is 0. The van der Waals surface area contributed by atoms with Crippen LogP contribution in [0.1, 0.15) is 44.9 Å². The number of hydrogen-bond donors (Lipinski definition) is 0. The molecular weight excluding hydrogens is 482 g/mol. The minimum Gasteiger partial charge on any atom is -0.493 e. The van der Waals surface area contributed by atoms with Gasteiger partial charge >= 0.3 is 0 Å². The molecule has 0 fully saturated rings. The lowest BCUT2D eigenvalue weighted by Crippen LogP contribution is -2.43. The molecule has 2 aromatic carbocycles. The Hall–Kier alpha value is -3.16. The molecule has 2 heterocycles. The van der Waals surface area contributed by atoms with Gasteiger partial charge in [-0.15, -0.1) is 0 Å². The van der Waals surface area contributed by atoms with Gasteiger partial charge in [-0.2, -0.15) is 0 Å². The van der Waals surface area contributed by atoms with Gasteiger partial charge in [-0.05, 0) is 57.5 Å². The highest BCUT2D eigenvalue weighted by Gasteiger charge is 2.34. The molecule has 1 aliphatic heterocycles. The Morgan fingerprint density at radius 3 is 2.49 bits per heavy atom. The fraction of sp³-hybridized carbons (Fsp3) is 0.296. The standard InChI is InChI=1S/C27H28ClN3O3S/c1-5-30(6-2)26(33)23-17(4)29-27-31(24(23)18-12-14-20(28)15-13-18)25(32)22(35-27)16-19-10-8-9-11-21(19)34-7-3/h8-16,24H,5-7H2,1-4H3/b22-16+/t24-/m0/s1. The number of thiazole rings is 1. The molecule has 0 unspecified atom stereocenters. The molecule has 35 heavy (non-hydrogen) atoms. The van der Waals surface area contributed by atoms with Gasteiger partial charge in [0.25, 0.3) is 11.5 Å². The SMILES string of the molecule is CCOc1ccccc1/C=c1/sc2n(c1=O)[C@@H](c1ccc(Cl)cc1)C(C(=O)N(CC)CC)=C(C)N=2. The highest BCUT2D eigenvalue weighted by atomic mass is 35.5. The molecular formula is C27H28ClN3O3S. The fourth-order valence-corrected chi connectivity index (χ4v) is 5.43. The highest BCUT2D eigenvalue weighted by molar-refractivity contribution is 7.07. The Morgan fingerprint density at radius 1 is 1.14 bits per heavy atom. The summed E-state index contributed by atoms with van der Waals surface area (Å²) in [4.78, 5) is 34.4. The maximum atomic E-state index is 13.8. The van der Waals surface area contributed by atoms with Crippen molar-refractivity contribution in [3.05, 3.63) is 95.6 Å². The van der Waals surface area contributed by atoms with Gasteiger partial charge in [0.15, 0.2) is 4.80 Å². The summed E-state index contributed by atoms with van der Waals surface area (Å²) in [6, 6.07) is 14.3. The molecule has 0 saturated carbocycles. The first kappa shape index (κ1) is 24.9. The van der Waals surface area contributed by atoms with Crippen molar-refractivity contribution >= 4 is 34.9 Å². The quantitative estimate of drug-likeness (QED) is 0.480. The summed E-state index contributed by atoms with van der Waals surface area (Å²) < 4.78 is 7.90. The van der Waals surface area contributed by atoms with E-state index in [0.717, 1.165) is 11.1 Å². The zero-order valence-corrected chi connectivity index (χ0v) is 21.8. The van der Waals surface area contributed by atoms with Crippen LogP contribution in [0.2, 0.25) is 5.02 Å². The van der Waals surface area contributed by atoms with E-state index in [9.17, 15) is 9.59 Å². The van der Waals surface area contributed by atoms with Gasteiger partial charge in [0.1, 0.15) is 5.75 Å². The van der Waals surface area contributed by atoms with Gasteiger partial charge in [-0.25, -0.2) is 4.99 Å². The van der Waals surface area contributed by atoms with Gasteiger partial charge in [-0.1, -0.05) is 53.3 Å². The first-order valence-electron chi connectivity index (χ1n) is 11.7. The average Bonchev–Trinajstić information content (AvgIpc) is 3.15. The van der Waals surface area contributed by atoms with Crippen LogP contribution in [0.3, 0.4) is 0 Å². The number of likely N-dealkylation sites (N-methyl/N-ethyl adjacent to an activating group) is 1. The van der Waals surface area contributed by atoms with Crippen molar-refractivity contribution in [2.75, 3.05) is 19.7 Å². The third-order valence-corrected chi connectivity index (χ3v) is 7.23. The molecule has 1 aliphatic rings. The van der Waals surface area contributed by atoms with Crippen LogP contribution < -0.4 is 19.6 Å². The van der Waals surface area contributed by atoms with Crippen molar-refractivity contribution in [3.8, 4) is 5.75 Å². The van der Waals surface area contributed by atoms with E-state index in [2.05, 4.69) is 0 Å². The fourth-order valence-electron chi connectivity index (χ4n) is 4.26. The lowest BCUT2D eigenvalue weighted by molar-refractivity contribution is -0.127. The normalized spacial score (nSPS) is 15.6. The molecule has 0 radical (unpaired) electrons. The third kappa shape index (κ3) is 4.83. The largest absolute Gasteiger partial charge is 0.493 e. The number of benzene rings is 2. The predicted molar refractivity (Wildman–Crippen MR) is 141 cm³/mol. The smallest absolute Gasteiger partial charge is 0.271 e. The Kier molecular flexibility index (Phi) is 7.57. The molecule has 0 saturated heterocycles. The number of amides is 1. The molecule has 1 amide bonds. The minimum absolute atomic E-state index is 0.118. The second-order valence-electron chi connectivity index (χ2n) is 8.08. The van der Waals surface area contributed by atoms with Gasteiger partial charge in [0, 0.05) is 23.7 Å². The van der Waals surface area contributed by atoms with E-state index >= 15 is 0 Å². The highest BCUT2D eigenvalue weighted by Crippen LogP contribution is 2.32. The molecule has 0 N–H and O–H groups in total. The van der Waals surface area contributed by atoms with Crippen molar-refractivity contribution in [2.45, 2.75) is 33.7 Å². The minimum atomic E-state index is -0.596. The van der Waals surface area contributed by atoms with Gasteiger partial charge < -0.3 is 9.64 Å². The number of rotatable bonds is 7. The predicted octanol–water partition coefficient (Wildman–Crippen LogP) is 4.16. The van der Waals surface area contributed by atoms with Crippen molar-refractivity contribution < 1.29 is 9.53 Å². The first-order chi connectivity index (χ1) is 16.9. The second kappa shape index (κ2) is 10.6. The Balaban J connectivity index is 1.95. The van der Waals surface area contributed by atoms with E-state index in [0.29, 0.717) is 51.1 Å². The van der Waals surface area contributed by atoms with E-state index < -0.39 is 6.04 Å². The average molecular weight is 510 g/mol. The number of halogens is 1. The molecule has 0 bridgehead atoms. The number of aromatic nitrogens is 1. The summed E-state index contributed by atoms with van der Waals surface area (Å²) in [5, 5.41) is 0.589. The molecule has 182 valence electrons. The van der Waals surface area contributed by atoms with Crippen molar-refractivity contribution in [1.82, 2.24) is 9.47 Å². The van der Waals surface area contributed by atoms with E-state index in [-0.39, 0.29) is 11.5 Å². The van der Waals surface area contributed by atoms with Gasteiger partial charge in [0.2, 0.25) is 0 Å². The summed E-state index contributed by atoms with van der Waals surface area (Å²) >= 11 is 7.46. The van der Waals surface area contributed by atoms with Crippen LogP contribution in [0.5, 0.6) is 5.75 Å². The zero-order valence-electron chi connectivity index (χ0n) is 20.2. The number of carbonyl (C=O) groups is 1. The topological polar surface area (TPSA) is 63.9 Å². The van der Waals surface area contributed by atoms with E-state index in [4.69, 9.17) is 21.3 Å². The second-order valence-corrected chi connectivity index (χ2v) is 9.53. The zero-order chi connectivity index (χ0) is 25.1. The molecule has 3 aromatic rings. The van der Waals surface area contributed by atoms with Crippen LogP contribution in [-0.4, -0.2) is 35.1 Å². The number of nitrogens with zero attached hydrogens (tertiary/aromatic N) is 3. The summed E-state index contributed by atoms with van der Waals surface area (Å²) in [5.74, 6) is 0.593. The lowest BCUT2D eigenvalue weighted by Gasteiger charge is -2.29. The van der Waals surface area contributed by atoms with Crippen LogP contribution in [0.4, 0.5) is 0 Å². The maximum absolute atomic E-state index is 13.8. The molecule has 8 heteroatoms. The number of carbonyl (C=O) groups excluding carboxylic acids is 1. The van der Waals surface area contributed by atoms with E-state index in [1.54, 1.807) is 21.6 Å².